The Morgan fingerprint density at radius 1 is 1.43 bits per heavy atom. The van der Waals surface area contributed by atoms with Crippen LogP contribution in [0.5, 0.6) is 0 Å². The predicted molar refractivity (Wildman–Crippen MR) is 118 cm³/mol. The first kappa shape index (κ1) is 24.6. The zero-order chi connectivity index (χ0) is 21.1. The summed E-state index contributed by atoms with van der Waals surface area (Å²) < 4.78 is 0. The Bertz CT molecular complexity index is 679. The van der Waals surface area contributed by atoms with E-state index in [1.807, 2.05) is 0 Å². The van der Waals surface area contributed by atoms with Crippen molar-refractivity contribution in [2.75, 3.05) is 25.4 Å². The fourth-order valence-electron chi connectivity index (χ4n) is 2.64. The molecular formula is C19H25ClN2O4S2. The molecule has 0 spiro atoms. The average molecular weight is 445 g/mol. The summed E-state index contributed by atoms with van der Waals surface area (Å²) in [4.78, 5) is 35.5. The van der Waals surface area contributed by atoms with Crippen LogP contribution in [0.3, 0.4) is 0 Å². The van der Waals surface area contributed by atoms with E-state index < -0.39 is 12.0 Å². The van der Waals surface area contributed by atoms with Crippen LogP contribution in [-0.4, -0.2) is 64.8 Å². The number of likely N-dealkylation sites (tertiary alicyclic amines) is 1. The molecule has 0 radical (unpaired) electrons. The first-order chi connectivity index (χ1) is 13.3. The second-order valence-corrected chi connectivity index (χ2v) is 9.14. The van der Waals surface area contributed by atoms with Gasteiger partial charge in [0.05, 0.1) is 0 Å². The minimum Gasteiger partial charge on any atom is -0.480 e. The molecule has 1 heterocycles. The van der Waals surface area contributed by atoms with Crippen LogP contribution in [0, 0.1) is 0 Å². The SMILES string of the molecule is C=C/C(Cl)=C(\C=C)CN1CCC(SSCC(NC(C)=O)C(=O)O)/C(=C\C=O)C1. The number of aldehydes is 1. The summed E-state index contributed by atoms with van der Waals surface area (Å²) in [6.07, 6.45) is 6.44. The van der Waals surface area contributed by atoms with Gasteiger partial charge >= 0.3 is 5.97 Å². The molecule has 1 saturated heterocycles. The number of rotatable bonds is 11. The number of nitrogens with one attached hydrogen (secondary N) is 1. The van der Waals surface area contributed by atoms with Crippen LogP contribution in [0.2, 0.25) is 0 Å². The minimum absolute atomic E-state index is 0.101. The molecular weight excluding hydrogens is 420 g/mol. The molecule has 0 aliphatic carbocycles. The molecule has 1 amide bonds. The van der Waals surface area contributed by atoms with E-state index in [1.54, 1.807) is 18.2 Å². The van der Waals surface area contributed by atoms with E-state index in [1.165, 1.54) is 28.5 Å². The second kappa shape index (κ2) is 12.9. The third-order valence-electron chi connectivity index (χ3n) is 4.03. The van der Waals surface area contributed by atoms with E-state index in [9.17, 15) is 19.5 Å². The maximum atomic E-state index is 11.2. The maximum absolute atomic E-state index is 11.2. The molecule has 2 N–H and O–H groups in total. The Kier molecular flexibility index (Phi) is 11.3. The number of carboxylic acid groups (broad SMARTS) is 1. The molecule has 1 fully saturated rings. The second-order valence-electron chi connectivity index (χ2n) is 6.12. The highest BCUT2D eigenvalue weighted by Crippen LogP contribution is 2.36. The van der Waals surface area contributed by atoms with Gasteiger partial charge in [-0.25, -0.2) is 4.79 Å². The van der Waals surface area contributed by atoms with E-state index in [4.69, 9.17) is 11.6 Å². The molecule has 2 unspecified atom stereocenters. The number of amides is 1. The summed E-state index contributed by atoms with van der Waals surface area (Å²) >= 11 is 6.14. The van der Waals surface area contributed by atoms with Crippen molar-refractivity contribution < 1.29 is 19.5 Å². The summed E-state index contributed by atoms with van der Waals surface area (Å²) in [5.74, 6) is -1.20. The molecule has 9 heteroatoms. The highest BCUT2D eigenvalue weighted by molar-refractivity contribution is 8.77. The van der Waals surface area contributed by atoms with Gasteiger partial charge in [-0.1, -0.05) is 58.5 Å². The summed E-state index contributed by atoms with van der Waals surface area (Å²) in [7, 11) is 2.91. The van der Waals surface area contributed by atoms with Crippen LogP contribution in [-0.2, 0) is 14.4 Å². The molecule has 1 rings (SSSR count). The van der Waals surface area contributed by atoms with Gasteiger partial charge < -0.3 is 10.4 Å². The Morgan fingerprint density at radius 2 is 2.14 bits per heavy atom. The van der Waals surface area contributed by atoms with Gasteiger partial charge in [0.1, 0.15) is 12.3 Å². The van der Waals surface area contributed by atoms with Gasteiger partial charge in [-0.15, -0.1) is 0 Å². The monoisotopic (exact) mass is 444 g/mol. The number of hydrogen-bond acceptors (Lipinski definition) is 6. The van der Waals surface area contributed by atoms with Crippen molar-refractivity contribution in [3.05, 3.63) is 47.6 Å². The molecule has 0 aromatic carbocycles. The molecule has 0 bridgehead atoms. The van der Waals surface area contributed by atoms with Crippen LogP contribution in [0.25, 0.3) is 0 Å². The van der Waals surface area contributed by atoms with E-state index in [0.29, 0.717) is 18.1 Å². The number of halogens is 1. The fourth-order valence-corrected chi connectivity index (χ4v) is 5.65. The normalized spacial score (nSPS) is 20.8. The zero-order valence-electron chi connectivity index (χ0n) is 15.7. The number of carboxylic acids is 1. The number of carbonyl (C=O) groups excluding carboxylic acids is 2. The summed E-state index contributed by atoms with van der Waals surface area (Å²) in [5, 5.41) is 12.2. The van der Waals surface area contributed by atoms with E-state index in [2.05, 4.69) is 23.4 Å². The van der Waals surface area contributed by atoms with Gasteiger partial charge in [-0.2, -0.15) is 0 Å². The Balaban J connectivity index is 2.68. The number of allylic oxidation sites excluding steroid dienone is 3. The standard InChI is InChI=1S/C19H25ClN2O4S2/c1-4-14(16(20)5-2)10-22-8-6-18(15(11-22)7-9-23)28-27-12-17(19(25)26)21-13(3)24/h4-5,7,9,17-18H,1-2,6,8,10-12H2,3H3,(H,21,24)(H,25,26)/b15-7-,16-14-. The van der Waals surface area contributed by atoms with Crippen LogP contribution >= 0.6 is 33.2 Å². The third kappa shape index (κ3) is 8.26. The van der Waals surface area contributed by atoms with Crippen LogP contribution in [0.1, 0.15) is 13.3 Å². The van der Waals surface area contributed by atoms with Gasteiger partial charge in [-0.3, -0.25) is 14.5 Å². The molecule has 0 saturated carbocycles. The Labute approximate surface area is 178 Å². The molecule has 154 valence electrons. The quantitative estimate of drug-likeness (QED) is 0.219. The largest absolute Gasteiger partial charge is 0.480 e. The molecule has 6 nitrogen and oxygen atoms in total. The van der Waals surface area contributed by atoms with Gasteiger partial charge in [0.25, 0.3) is 0 Å². The molecule has 1 aliphatic rings. The van der Waals surface area contributed by atoms with Crippen LogP contribution < -0.4 is 5.32 Å². The number of piperidine rings is 1. The third-order valence-corrected chi connectivity index (χ3v) is 7.32. The van der Waals surface area contributed by atoms with Crippen molar-refractivity contribution in [3.63, 3.8) is 0 Å². The van der Waals surface area contributed by atoms with Crippen LogP contribution in [0.4, 0.5) is 0 Å². The fraction of sp³-hybridized carbons (Fsp3) is 0.421. The van der Waals surface area contributed by atoms with Gasteiger partial charge in [0.15, 0.2) is 0 Å². The lowest BCUT2D eigenvalue weighted by atomic mass is 10.0. The maximum Gasteiger partial charge on any atom is 0.327 e. The van der Waals surface area contributed by atoms with Gasteiger partial charge in [-0.05, 0) is 23.6 Å². The Hall–Kier alpha value is -1.48. The summed E-state index contributed by atoms with van der Waals surface area (Å²) in [6, 6.07) is -0.935. The number of aliphatic carboxylic acids is 1. The average Bonchev–Trinajstić information content (AvgIpc) is 2.65. The lowest BCUT2D eigenvalue weighted by molar-refractivity contribution is -0.140. The van der Waals surface area contributed by atoms with E-state index in [0.717, 1.165) is 30.4 Å². The van der Waals surface area contributed by atoms with Crippen molar-refractivity contribution >= 4 is 51.4 Å². The topological polar surface area (TPSA) is 86.7 Å². The lowest BCUT2D eigenvalue weighted by Gasteiger charge is -2.34. The first-order valence-corrected chi connectivity index (χ1v) is 11.4. The molecule has 2 atom stereocenters. The highest BCUT2D eigenvalue weighted by Gasteiger charge is 2.26. The van der Waals surface area contributed by atoms with Crippen molar-refractivity contribution in [2.45, 2.75) is 24.6 Å². The van der Waals surface area contributed by atoms with Gasteiger partial charge in [0.2, 0.25) is 5.91 Å². The highest BCUT2D eigenvalue weighted by atomic mass is 35.5. The van der Waals surface area contributed by atoms with E-state index >= 15 is 0 Å². The smallest absolute Gasteiger partial charge is 0.327 e. The van der Waals surface area contributed by atoms with Crippen LogP contribution in [0.15, 0.2) is 47.6 Å². The lowest BCUT2D eigenvalue weighted by Crippen LogP contribution is -2.41. The predicted octanol–water partition coefficient (Wildman–Crippen LogP) is 3.02. The van der Waals surface area contributed by atoms with Crippen molar-refractivity contribution in [1.82, 2.24) is 10.2 Å². The summed E-state index contributed by atoms with van der Waals surface area (Å²) in [6.45, 7) is 10.8. The number of nitrogens with zero attached hydrogens (tertiary/aromatic N) is 1. The zero-order valence-corrected chi connectivity index (χ0v) is 18.1. The molecule has 1 aliphatic heterocycles. The Morgan fingerprint density at radius 3 is 2.68 bits per heavy atom. The molecule has 28 heavy (non-hydrogen) atoms. The number of hydrogen-bond donors (Lipinski definition) is 2. The minimum atomic E-state index is -1.07. The molecule has 0 aromatic heterocycles. The van der Waals surface area contributed by atoms with E-state index in [-0.39, 0.29) is 16.9 Å². The van der Waals surface area contributed by atoms with Crippen molar-refractivity contribution in [1.29, 1.82) is 0 Å². The number of carbonyl (C=O) groups is 3. The van der Waals surface area contributed by atoms with Crippen molar-refractivity contribution in [3.8, 4) is 0 Å². The van der Waals surface area contributed by atoms with Gasteiger partial charge in [0, 0.05) is 42.6 Å². The first-order valence-electron chi connectivity index (χ1n) is 8.60. The van der Waals surface area contributed by atoms with Crippen molar-refractivity contribution in [2.24, 2.45) is 0 Å². The molecule has 0 aromatic rings. The summed E-state index contributed by atoms with van der Waals surface area (Å²) in [5.41, 5.74) is 1.85.